The maximum Gasteiger partial charge on any atom is 0.328 e. The summed E-state index contributed by atoms with van der Waals surface area (Å²) >= 11 is 3.29. The molecule has 17 heavy (non-hydrogen) atoms. The Morgan fingerprint density at radius 1 is 1.53 bits per heavy atom. The van der Waals surface area contributed by atoms with Gasteiger partial charge in [-0.3, -0.25) is 0 Å². The minimum atomic E-state index is -0.926. The van der Waals surface area contributed by atoms with Crippen LogP contribution in [-0.4, -0.2) is 22.3 Å². The zero-order valence-corrected chi connectivity index (χ0v) is 12.1. The third-order valence-corrected chi connectivity index (χ3v) is 3.82. The molecule has 0 bridgehead atoms. The molecular formula is C12H17NO2S2. The Morgan fingerprint density at radius 2 is 2.18 bits per heavy atom. The van der Waals surface area contributed by atoms with Crippen LogP contribution < -0.4 is 0 Å². The van der Waals surface area contributed by atoms with E-state index >= 15 is 0 Å². The topological polar surface area (TPSA) is 50.2 Å². The van der Waals surface area contributed by atoms with Gasteiger partial charge in [0.1, 0.15) is 5.01 Å². The zero-order valence-electron chi connectivity index (χ0n) is 10.5. The van der Waals surface area contributed by atoms with Crippen LogP contribution in [-0.2, 0) is 16.0 Å². The predicted octanol–water partition coefficient (Wildman–Crippen LogP) is 3.40. The molecule has 0 aliphatic carbocycles. The molecule has 3 nitrogen and oxygen atoms in total. The predicted molar refractivity (Wildman–Crippen MR) is 74.7 cm³/mol. The third kappa shape index (κ3) is 4.16. The Labute approximate surface area is 110 Å². The number of aliphatic carboxylic acids is 1. The van der Waals surface area contributed by atoms with Crippen LogP contribution in [0.1, 0.15) is 36.3 Å². The number of hydrogen-bond acceptors (Lipinski definition) is 4. The van der Waals surface area contributed by atoms with E-state index in [1.165, 1.54) is 6.08 Å². The number of aromatic nitrogens is 1. The molecule has 0 amide bonds. The Kier molecular flexibility index (Phi) is 4.77. The Hall–Kier alpha value is -0.810. The number of hydrogen-bond donors (Lipinski definition) is 1. The van der Waals surface area contributed by atoms with E-state index < -0.39 is 5.97 Å². The molecule has 1 aromatic heterocycles. The second kappa shape index (κ2) is 5.69. The van der Waals surface area contributed by atoms with E-state index in [-0.39, 0.29) is 5.41 Å². The molecule has 0 fully saturated rings. The van der Waals surface area contributed by atoms with Crippen molar-refractivity contribution >= 4 is 35.1 Å². The number of thioether (sulfide) groups is 1. The number of thiazole rings is 1. The van der Waals surface area contributed by atoms with E-state index in [9.17, 15) is 4.79 Å². The number of carboxylic acid groups (broad SMARTS) is 1. The van der Waals surface area contributed by atoms with Crippen LogP contribution in [0.4, 0.5) is 0 Å². The van der Waals surface area contributed by atoms with Crippen molar-refractivity contribution in [3.05, 3.63) is 21.7 Å². The second-order valence-corrected chi connectivity index (χ2v) is 6.66. The van der Waals surface area contributed by atoms with Crippen LogP contribution >= 0.6 is 23.1 Å². The summed E-state index contributed by atoms with van der Waals surface area (Å²) in [6.07, 6.45) is 4.85. The van der Waals surface area contributed by atoms with Crippen molar-refractivity contribution in [3.8, 4) is 0 Å². The van der Waals surface area contributed by atoms with E-state index in [2.05, 4.69) is 25.8 Å². The lowest BCUT2D eigenvalue weighted by Gasteiger charge is -2.16. The molecule has 0 spiro atoms. The molecule has 0 aliphatic rings. The van der Waals surface area contributed by atoms with Gasteiger partial charge in [-0.2, -0.15) is 11.8 Å². The zero-order chi connectivity index (χ0) is 13.1. The first-order chi connectivity index (χ1) is 7.84. The van der Waals surface area contributed by atoms with Crippen molar-refractivity contribution in [3.63, 3.8) is 0 Å². The summed E-state index contributed by atoms with van der Waals surface area (Å²) in [6.45, 7) is 6.26. The second-order valence-electron chi connectivity index (χ2n) is 4.68. The quantitative estimate of drug-likeness (QED) is 0.853. The van der Waals surface area contributed by atoms with Crippen molar-refractivity contribution < 1.29 is 9.90 Å². The molecule has 0 saturated heterocycles. The fourth-order valence-electron chi connectivity index (χ4n) is 1.36. The molecule has 0 saturated carbocycles. The molecular weight excluding hydrogens is 254 g/mol. The Bertz CT molecular complexity index is 430. The lowest BCUT2D eigenvalue weighted by Crippen LogP contribution is -2.13. The average molecular weight is 271 g/mol. The number of nitrogens with zero attached hydrogens (tertiary/aromatic N) is 1. The molecule has 0 aromatic carbocycles. The van der Waals surface area contributed by atoms with Crippen molar-refractivity contribution in [1.82, 2.24) is 4.98 Å². The Morgan fingerprint density at radius 3 is 2.65 bits per heavy atom. The first-order valence-corrected chi connectivity index (χ1v) is 7.45. The SMILES string of the molecule is CSCc1nc(C(C)(C)C)c(/C=C/C(=O)O)s1. The van der Waals surface area contributed by atoms with E-state index in [1.54, 1.807) is 29.2 Å². The van der Waals surface area contributed by atoms with Crippen LogP contribution in [0, 0.1) is 0 Å². The van der Waals surface area contributed by atoms with Gasteiger partial charge in [0.25, 0.3) is 0 Å². The number of rotatable bonds is 4. The first kappa shape index (κ1) is 14.3. The van der Waals surface area contributed by atoms with Crippen molar-refractivity contribution in [2.75, 3.05) is 6.26 Å². The van der Waals surface area contributed by atoms with Gasteiger partial charge in [0.15, 0.2) is 0 Å². The molecule has 1 N–H and O–H groups in total. The van der Waals surface area contributed by atoms with Gasteiger partial charge >= 0.3 is 5.97 Å². The summed E-state index contributed by atoms with van der Waals surface area (Å²) in [5, 5.41) is 9.72. The molecule has 1 rings (SSSR count). The molecule has 0 atom stereocenters. The summed E-state index contributed by atoms with van der Waals surface area (Å²) in [4.78, 5) is 16.1. The summed E-state index contributed by atoms with van der Waals surface area (Å²) in [6, 6.07) is 0. The molecule has 1 heterocycles. The van der Waals surface area contributed by atoms with Gasteiger partial charge in [0.2, 0.25) is 0 Å². The summed E-state index contributed by atoms with van der Waals surface area (Å²) in [5.41, 5.74) is 0.912. The van der Waals surface area contributed by atoms with Crippen molar-refractivity contribution in [2.24, 2.45) is 0 Å². The van der Waals surface area contributed by atoms with Gasteiger partial charge in [-0.1, -0.05) is 20.8 Å². The highest BCUT2D eigenvalue weighted by Crippen LogP contribution is 2.31. The monoisotopic (exact) mass is 271 g/mol. The third-order valence-electron chi connectivity index (χ3n) is 2.05. The maximum absolute atomic E-state index is 10.6. The van der Waals surface area contributed by atoms with Gasteiger partial charge in [-0.05, 0) is 12.3 Å². The van der Waals surface area contributed by atoms with E-state index in [0.717, 1.165) is 21.3 Å². The van der Waals surface area contributed by atoms with E-state index in [1.807, 2.05) is 6.26 Å². The van der Waals surface area contributed by atoms with Gasteiger partial charge in [0.05, 0.1) is 10.6 Å². The highest BCUT2D eigenvalue weighted by molar-refractivity contribution is 7.97. The van der Waals surface area contributed by atoms with Gasteiger partial charge in [0, 0.05) is 17.2 Å². The molecule has 0 unspecified atom stereocenters. The molecule has 0 radical (unpaired) electrons. The summed E-state index contributed by atoms with van der Waals surface area (Å²) < 4.78 is 0. The Balaban J connectivity index is 3.12. The fraction of sp³-hybridized carbons (Fsp3) is 0.500. The normalized spacial score (nSPS) is 12.2. The number of carboxylic acids is 1. The highest BCUT2D eigenvalue weighted by atomic mass is 32.2. The van der Waals surface area contributed by atoms with Crippen LogP contribution in [0.25, 0.3) is 6.08 Å². The van der Waals surface area contributed by atoms with Gasteiger partial charge < -0.3 is 5.11 Å². The van der Waals surface area contributed by atoms with Gasteiger partial charge in [-0.15, -0.1) is 11.3 Å². The van der Waals surface area contributed by atoms with Gasteiger partial charge in [-0.25, -0.2) is 9.78 Å². The summed E-state index contributed by atoms with van der Waals surface area (Å²) in [7, 11) is 0. The molecule has 94 valence electrons. The highest BCUT2D eigenvalue weighted by Gasteiger charge is 2.21. The minimum Gasteiger partial charge on any atom is -0.478 e. The minimum absolute atomic E-state index is 0.0642. The molecule has 1 aromatic rings. The maximum atomic E-state index is 10.6. The van der Waals surface area contributed by atoms with Crippen LogP contribution in [0.15, 0.2) is 6.08 Å². The lowest BCUT2D eigenvalue weighted by molar-refractivity contribution is -0.131. The number of carbonyl (C=O) groups is 1. The molecule has 0 aliphatic heterocycles. The van der Waals surface area contributed by atoms with Crippen LogP contribution in [0.3, 0.4) is 0 Å². The van der Waals surface area contributed by atoms with Crippen molar-refractivity contribution in [1.29, 1.82) is 0 Å². The molecule has 5 heteroatoms. The van der Waals surface area contributed by atoms with E-state index in [4.69, 9.17) is 5.11 Å². The lowest BCUT2D eigenvalue weighted by atomic mass is 9.91. The van der Waals surface area contributed by atoms with E-state index in [0.29, 0.717) is 0 Å². The summed E-state index contributed by atoms with van der Waals surface area (Å²) in [5.74, 6) is -0.0565. The largest absolute Gasteiger partial charge is 0.478 e. The fourth-order valence-corrected chi connectivity index (χ4v) is 3.24. The smallest absolute Gasteiger partial charge is 0.328 e. The van der Waals surface area contributed by atoms with Crippen LogP contribution in [0.2, 0.25) is 0 Å². The van der Waals surface area contributed by atoms with Crippen LogP contribution in [0.5, 0.6) is 0 Å². The average Bonchev–Trinajstić information content (AvgIpc) is 2.58. The van der Waals surface area contributed by atoms with Crippen molar-refractivity contribution in [2.45, 2.75) is 31.9 Å². The first-order valence-electron chi connectivity index (χ1n) is 5.24. The standard InChI is InChI=1S/C12H17NO2S2/c1-12(2,3)11-8(5-6-10(14)15)17-9(13-11)7-16-4/h5-6H,7H2,1-4H3,(H,14,15)/b6-5+.